The van der Waals surface area contributed by atoms with Crippen molar-refractivity contribution >= 4 is 11.4 Å². The molecule has 0 saturated heterocycles. The van der Waals surface area contributed by atoms with Gasteiger partial charge in [0.25, 0.3) is 5.69 Å². The van der Waals surface area contributed by atoms with E-state index in [1.807, 2.05) is 0 Å². The third kappa shape index (κ3) is 4.46. The highest BCUT2D eigenvalue weighted by Gasteiger charge is 2.35. The number of anilines is 1. The van der Waals surface area contributed by atoms with Gasteiger partial charge >= 0.3 is 6.18 Å². The molecule has 1 rings (SSSR count). The van der Waals surface area contributed by atoms with Gasteiger partial charge in [0, 0.05) is 30.8 Å². The van der Waals surface area contributed by atoms with E-state index < -0.39 is 22.4 Å². The Labute approximate surface area is 114 Å². The molecule has 108 valence electrons. The minimum absolute atomic E-state index is 0.163. The van der Waals surface area contributed by atoms with E-state index >= 15 is 0 Å². The van der Waals surface area contributed by atoms with Gasteiger partial charge in [-0.25, -0.2) is 0 Å². The fourth-order valence-electron chi connectivity index (χ4n) is 1.61. The lowest BCUT2D eigenvalue weighted by Gasteiger charge is -2.14. The standard InChI is InChI=1S/C13H13F3N2O2/c1-2-3-4-5-8-17-12-7-6-10(18(19)20)9-11(12)13(14,15)16/h1,6-7,9,17H,3-5,8H2. The number of hydrogen-bond acceptors (Lipinski definition) is 3. The average molecular weight is 286 g/mol. The second-order valence-electron chi connectivity index (χ2n) is 4.07. The summed E-state index contributed by atoms with van der Waals surface area (Å²) >= 11 is 0. The van der Waals surface area contributed by atoms with Crippen LogP contribution in [-0.2, 0) is 6.18 Å². The predicted molar refractivity (Wildman–Crippen MR) is 69.3 cm³/mol. The Morgan fingerprint density at radius 2 is 2.05 bits per heavy atom. The third-order valence-electron chi connectivity index (χ3n) is 2.58. The zero-order valence-electron chi connectivity index (χ0n) is 10.5. The summed E-state index contributed by atoms with van der Waals surface area (Å²) in [5.41, 5.74) is -1.79. The zero-order chi connectivity index (χ0) is 15.2. The van der Waals surface area contributed by atoms with E-state index in [0.29, 0.717) is 31.9 Å². The molecule has 7 heteroatoms. The number of nitro groups is 1. The first-order chi connectivity index (χ1) is 9.36. The van der Waals surface area contributed by atoms with Crippen LogP contribution in [0.25, 0.3) is 0 Å². The molecular weight excluding hydrogens is 273 g/mol. The largest absolute Gasteiger partial charge is 0.418 e. The van der Waals surface area contributed by atoms with Crippen LogP contribution in [0, 0.1) is 22.5 Å². The Balaban J connectivity index is 2.85. The number of hydrogen-bond donors (Lipinski definition) is 1. The zero-order valence-corrected chi connectivity index (χ0v) is 10.5. The third-order valence-corrected chi connectivity index (χ3v) is 2.58. The molecule has 0 aliphatic heterocycles. The molecule has 4 nitrogen and oxygen atoms in total. The Bertz CT molecular complexity index is 521. The summed E-state index contributed by atoms with van der Waals surface area (Å²) in [4.78, 5) is 9.67. The minimum Gasteiger partial charge on any atom is -0.385 e. The molecule has 1 aromatic carbocycles. The molecule has 0 radical (unpaired) electrons. The van der Waals surface area contributed by atoms with Crippen LogP contribution in [0.1, 0.15) is 24.8 Å². The first-order valence-corrected chi connectivity index (χ1v) is 5.89. The predicted octanol–water partition coefficient (Wildman–Crippen LogP) is 3.83. The molecule has 0 aliphatic carbocycles. The van der Waals surface area contributed by atoms with E-state index in [1.54, 1.807) is 0 Å². The highest BCUT2D eigenvalue weighted by molar-refractivity contribution is 5.57. The number of nitrogens with one attached hydrogen (secondary N) is 1. The van der Waals surface area contributed by atoms with Gasteiger partial charge in [-0.1, -0.05) is 0 Å². The molecule has 1 N–H and O–H groups in total. The van der Waals surface area contributed by atoms with Crippen molar-refractivity contribution in [3.63, 3.8) is 0 Å². The number of halogens is 3. The van der Waals surface area contributed by atoms with Gasteiger partial charge in [-0.3, -0.25) is 10.1 Å². The van der Waals surface area contributed by atoms with E-state index in [1.165, 1.54) is 0 Å². The topological polar surface area (TPSA) is 55.2 Å². The number of unbranched alkanes of at least 4 members (excludes halogenated alkanes) is 2. The Morgan fingerprint density at radius 1 is 1.35 bits per heavy atom. The van der Waals surface area contributed by atoms with E-state index in [2.05, 4.69) is 11.2 Å². The van der Waals surface area contributed by atoms with Crippen molar-refractivity contribution < 1.29 is 18.1 Å². The van der Waals surface area contributed by atoms with Crippen LogP contribution in [0.3, 0.4) is 0 Å². The molecule has 0 unspecified atom stereocenters. The molecule has 1 aromatic rings. The molecular formula is C13H13F3N2O2. The van der Waals surface area contributed by atoms with Crippen molar-refractivity contribution in [3.05, 3.63) is 33.9 Å². The number of nitro benzene ring substituents is 1. The normalized spacial score (nSPS) is 10.9. The lowest BCUT2D eigenvalue weighted by Crippen LogP contribution is -2.12. The second-order valence-corrected chi connectivity index (χ2v) is 4.07. The first kappa shape index (κ1) is 15.8. The number of rotatable bonds is 6. The van der Waals surface area contributed by atoms with Gasteiger partial charge in [0.05, 0.1) is 10.5 Å². The fourth-order valence-corrected chi connectivity index (χ4v) is 1.61. The molecule has 0 spiro atoms. The summed E-state index contributed by atoms with van der Waals surface area (Å²) in [5, 5.41) is 13.2. The molecule has 0 heterocycles. The van der Waals surface area contributed by atoms with Crippen LogP contribution in [0.2, 0.25) is 0 Å². The van der Waals surface area contributed by atoms with Crippen LogP contribution >= 0.6 is 0 Å². The van der Waals surface area contributed by atoms with Gasteiger partial charge in [-0.15, -0.1) is 12.3 Å². The maximum atomic E-state index is 12.8. The van der Waals surface area contributed by atoms with Crippen LogP contribution in [-0.4, -0.2) is 11.5 Å². The molecule has 0 fully saturated rings. The SMILES string of the molecule is C#CCCCCNc1ccc([N+](=O)[O-])cc1C(F)(F)F. The highest BCUT2D eigenvalue weighted by atomic mass is 19.4. The summed E-state index contributed by atoms with van der Waals surface area (Å²) in [6.45, 7) is 0.322. The van der Waals surface area contributed by atoms with Crippen molar-refractivity contribution in [2.45, 2.75) is 25.4 Å². The van der Waals surface area contributed by atoms with Crippen molar-refractivity contribution in [1.82, 2.24) is 0 Å². The van der Waals surface area contributed by atoms with E-state index in [-0.39, 0.29) is 5.69 Å². The number of non-ortho nitro benzene ring substituents is 1. The Kier molecular flexibility index (Phi) is 5.38. The van der Waals surface area contributed by atoms with E-state index in [4.69, 9.17) is 6.42 Å². The van der Waals surface area contributed by atoms with Crippen molar-refractivity contribution in [1.29, 1.82) is 0 Å². The molecule has 20 heavy (non-hydrogen) atoms. The second kappa shape index (κ2) is 6.80. The molecule has 0 amide bonds. The lowest BCUT2D eigenvalue weighted by atomic mass is 10.1. The van der Waals surface area contributed by atoms with E-state index in [9.17, 15) is 23.3 Å². The summed E-state index contributed by atoms with van der Waals surface area (Å²) < 4.78 is 38.5. The van der Waals surface area contributed by atoms with Crippen LogP contribution in [0.5, 0.6) is 0 Å². The summed E-state index contributed by atoms with van der Waals surface area (Å²) in [5.74, 6) is 2.44. The van der Waals surface area contributed by atoms with Crippen LogP contribution in [0.15, 0.2) is 18.2 Å². The minimum atomic E-state index is -4.65. The highest BCUT2D eigenvalue weighted by Crippen LogP contribution is 2.37. The van der Waals surface area contributed by atoms with Gasteiger partial charge in [0.2, 0.25) is 0 Å². The molecule has 0 aromatic heterocycles. The van der Waals surface area contributed by atoms with Crippen LogP contribution in [0.4, 0.5) is 24.5 Å². The van der Waals surface area contributed by atoms with Crippen molar-refractivity contribution in [2.24, 2.45) is 0 Å². The van der Waals surface area contributed by atoms with Crippen molar-refractivity contribution in [2.75, 3.05) is 11.9 Å². The molecule has 0 aliphatic rings. The number of terminal acetylenes is 1. The first-order valence-electron chi connectivity index (χ1n) is 5.89. The Hall–Kier alpha value is -2.23. The maximum Gasteiger partial charge on any atom is 0.418 e. The van der Waals surface area contributed by atoms with E-state index in [0.717, 1.165) is 12.1 Å². The van der Waals surface area contributed by atoms with Gasteiger partial charge in [-0.2, -0.15) is 13.2 Å². The van der Waals surface area contributed by atoms with Gasteiger partial charge in [0.1, 0.15) is 0 Å². The van der Waals surface area contributed by atoms with Gasteiger partial charge in [-0.05, 0) is 18.9 Å². The smallest absolute Gasteiger partial charge is 0.385 e. The monoisotopic (exact) mass is 286 g/mol. The fraction of sp³-hybridized carbons (Fsp3) is 0.385. The van der Waals surface area contributed by atoms with Gasteiger partial charge in [0.15, 0.2) is 0 Å². The number of benzene rings is 1. The van der Waals surface area contributed by atoms with Crippen molar-refractivity contribution in [3.8, 4) is 12.3 Å². The number of alkyl halides is 3. The molecule has 0 atom stereocenters. The summed E-state index contributed by atoms with van der Waals surface area (Å²) in [7, 11) is 0. The molecule has 0 saturated carbocycles. The number of nitrogens with zero attached hydrogens (tertiary/aromatic N) is 1. The van der Waals surface area contributed by atoms with Gasteiger partial charge < -0.3 is 5.32 Å². The average Bonchev–Trinajstić information content (AvgIpc) is 2.37. The summed E-state index contributed by atoms with van der Waals surface area (Å²) in [6, 6.07) is 2.64. The maximum absolute atomic E-state index is 12.8. The molecule has 0 bridgehead atoms. The lowest BCUT2D eigenvalue weighted by molar-refractivity contribution is -0.385. The Morgan fingerprint density at radius 3 is 2.60 bits per heavy atom. The quantitative estimate of drug-likeness (QED) is 0.374. The van der Waals surface area contributed by atoms with Crippen LogP contribution < -0.4 is 5.32 Å². The summed E-state index contributed by atoms with van der Waals surface area (Å²) in [6.07, 6.45) is 2.31.